The fourth-order valence-electron chi connectivity index (χ4n) is 5.35. The first-order valence-electron chi connectivity index (χ1n) is 12.2. The van der Waals surface area contributed by atoms with Crippen LogP contribution in [0.1, 0.15) is 50.5 Å². The lowest BCUT2D eigenvalue weighted by molar-refractivity contribution is -0.127. The third kappa shape index (κ3) is 6.29. The fourth-order valence-corrected chi connectivity index (χ4v) is 5.35. The van der Waals surface area contributed by atoms with Gasteiger partial charge in [0.1, 0.15) is 0 Å². The van der Waals surface area contributed by atoms with E-state index >= 15 is 0 Å². The van der Waals surface area contributed by atoms with Gasteiger partial charge in [-0.25, -0.2) is 0 Å². The molecule has 0 unspecified atom stereocenters. The Morgan fingerprint density at radius 2 is 1.77 bits per heavy atom. The van der Waals surface area contributed by atoms with Crippen molar-refractivity contribution in [2.75, 3.05) is 45.9 Å². The van der Waals surface area contributed by atoms with E-state index in [9.17, 15) is 4.79 Å². The lowest BCUT2D eigenvalue weighted by Gasteiger charge is -2.41. The molecule has 1 aromatic rings. The van der Waals surface area contributed by atoms with Gasteiger partial charge in [-0.1, -0.05) is 30.3 Å². The van der Waals surface area contributed by atoms with Crippen molar-refractivity contribution in [2.45, 2.75) is 63.5 Å². The van der Waals surface area contributed by atoms with E-state index < -0.39 is 0 Å². The Balaban J connectivity index is 1.09. The number of ether oxygens (including phenoxy) is 1. The van der Waals surface area contributed by atoms with E-state index in [2.05, 4.69) is 45.4 Å². The molecule has 0 aromatic heterocycles. The number of rotatable bonds is 8. The van der Waals surface area contributed by atoms with Crippen molar-refractivity contribution in [3.8, 4) is 0 Å². The molecule has 166 valence electrons. The maximum Gasteiger partial charge on any atom is 0.223 e. The molecule has 0 radical (unpaired) electrons. The molecule has 1 N–H and O–H groups in total. The van der Waals surface area contributed by atoms with Crippen molar-refractivity contribution in [1.82, 2.24) is 15.1 Å². The van der Waals surface area contributed by atoms with E-state index in [1.165, 1.54) is 50.9 Å². The molecule has 1 atom stereocenters. The van der Waals surface area contributed by atoms with Gasteiger partial charge in [-0.15, -0.1) is 0 Å². The predicted octanol–water partition coefficient (Wildman–Crippen LogP) is 3.09. The molecule has 3 aliphatic heterocycles. The SMILES string of the molecule is O=C(NC[C@@H]1CCCO1)C1CCN(C2CCN(CCCc3ccccc3)CC2)CC1. The third-order valence-electron chi connectivity index (χ3n) is 7.28. The molecule has 1 amide bonds. The molecule has 5 nitrogen and oxygen atoms in total. The normalized spacial score (nSPS) is 24.9. The third-order valence-corrected chi connectivity index (χ3v) is 7.28. The van der Waals surface area contributed by atoms with Crippen molar-refractivity contribution >= 4 is 5.91 Å². The van der Waals surface area contributed by atoms with Crippen LogP contribution in [-0.2, 0) is 16.0 Å². The standard InChI is InChI=1S/C25H39N3O2/c29-25(26-20-24-9-5-19-30-24)22-10-17-28(18-11-22)23-12-15-27(16-13-23)14-4-8-21-6-2-1-3-7-21/h1-3,6-7,22-24H,4-5,8-20H2,(H,26,29)/t24-/m0/s1. The van der Waals surface area contributed by atoms with Crippen LogP contribution in [0, 0.1) is 5.92 Å². The van der Waals surface area contributed by atoms with Crippen LogP contribution in [0.2, 0.25) is 0 Å². The highest BCUT2D eigenvalue weighted by Crippen LogP contribution is 2.24. The summed E-state index contributed by atoms with van der Waals surface area (Å²) in [7, 11) is 0. The molecule has 3 saturated heterocycles. The van der Waals surface area contributed by atoms with Crippen LogP contribution < -0.4 is 5.32 Å². The van der Waals surface area contributed by atoms with Crippen LogP contribution in [0.4, 0.5) is 0 Å². The molecular formula is C25H39N3O2. The average Bonchev–Trinajstić information content (AvgIpc) is 3.33. The molecule has 3 heterocycles. The lowest BCUT2D eigenvalue weighted by atomic mass is 9.92. The molecule has 0 bridgehead atoms. The van der Waals surface area contributed by atoms with Crippen molar-refractivity contribution in [3.05, 3.63) is 35.9 Å². The summed E-state index contributed by atoms with van der Waals surface area (Å²) >= 11 is 0. The van der Waals surface area contributed by atoms with E-state index in [1.54, 1.807) is 0 Å². The van der Waals surface area contributed by atoms with Crippen LogP contribution in [0.15, 0.2) is 30.3 Å². The second kappa shape index (κ2) is 11.3. The van der Waals surface area contributed by atoms with Crippen molar-refractivity contribution in [2.24, 2.45) is 5.92 Å². The van der Waals surface area contributed by atoms with Gasteiger partial charge < -0.3 is 19.9 Å². The first-order valence-corrected chi connectivity index (χ1v) is 12.2. The summed E-state index contributed by atoms with van der Waals surface area (Å²) in [4.78, 5) is 17.8. The molecule has 4 rings (SSSR count). The number of hydrogen-bond donors (Lipinski definition) is 1. The number of carbonyl (C=O) groups is 1. The molecule has 3 aliphatic rings. The second-order valence-corrected chi connectivity index (χ2v) is 9.35. The number of aryl methyl sites for hydroxylation is 1. The van der Waals surface area contributed by atoms with Crippen LogP contribution in [0.5, 0.6) is 0 Å². The second-order valence-electron chi connectivity index (χ2n) is 9.35. The monoisotopic (exact) mass is 413 g/mol. The summed E-state index contributed by atoms with van der Waals surface area (Å²) < 4.78 is 5.62. The van der Waals surface area contributed by atoms with Gasteiger partial charge in [0.2, 0.25) is 5.91 Å². The Hall–Kier alpha value is -1.43. The van der Waals surface area contributed by atoms with Gasteiger partial charge in [0.15, 0.2) is 0 Å². The highest BCUT2D eigenvalue weighted by atomic mass is 16.5. The maximum atomic E-state index is 12.5. The van der Waals surface area contributed by atoms with Gasteiger partial charge in [-0.2, -0.15) is 0 Å². The number of nitrogens with one attached hydrogen (secondary N) is 1. The number of likely N-dealkylation sites (tertiary alicyclic amines) is 2. The highest BCUT2D eigenvalue weighted by Gasteiger charge is 2.30. The molecule has 30 heavy (non-hydrogen) atoms. The Kier molecular flexibility index (Phi) is 8.18. The zero-order valence-corrected chi connectivity index (χ0v) is 18.4. The topological polar surface area (TPSA) is 44.8 Å². The molecule has 1 aromatic carbocycles. The molecule has 0 spiro atoms. The van der Waals surface area contributed by atoms with Gasteiger partial charge in [0.05, 0.1) is 6.10 Å². The van der Waals surface area contributed by atoms with Crippen LogP contribution in [-0.4, -0.2) is 73.7 Å². The summed E-state index contributed by atoms with van der Waals surface area (Å²) in [6, 6.07) is 11.5. The Labute approximate surface area is 182 Å². The zero-order chi connectivity index (χ0) is 20.6. The molecule has 5 heteroatoms. The summed E-state index contributed by atoms with van der Waals surface area (Å²) in [6.07, 6.45) is 9.47. The number of amides is 1. The van der Waals surface area contributed by atoms with E-state index in [4.69, 9.17) is 4.74 Å². The number of carbonyl (C=O) groups excluding carboxylic acids is 1. The maximum absolute atomic E-state index is 12.5. The van der Waals surface area contributed by atoms with Crippen molar-refractivity contribution in [1.29, 1.82) is 0 Å². The van der Waals surface area contributed by atoms with Crippen LogP contribution in [0.3, 0.4) is 0 Å². The number of hydrogen-bond acceptors (Lipinski definition) is 4. The smallest absolute Gasteiger partial charge is 0.223 e. The Morgan fingerprint density at radius 3 is 2.47 bits per heavy atom. The van der Waals surface area contributed by atoms with Crippen molar-refractivity contribution < 1.29 is 9.53 Å². The summed E-state index contributed by atoms with van der Waals surface area (Å²) in [5.41, 5.74) is 1.45. The molecule has 3 fully saturated rings. The van der Waals surface area contributed by atoms with E-state index in [-0.39, 0.29) is 17.9 Å². The average molecular weight is 414 g/mol. The minimum absolute atomic E-state index is 0.195. The molecule has 0 saturated carbocycles. The van der Waals surface area contributed by atoms with E-state index in [1.807, 2.05) is 0 Å². The molecular weight excluding hydrogens is 374 g/mol. The predicted molar refractivity (Wildman–Crippen MR) is 121 cm³/mol. The van der Waals surface area contributed by atoms with Gasteiger partial charge in [-0.3, -0.25) is 4.79 Å². The first kappa shape index (κ1) is 21.8. The fraction of sp³-hybridized carbons (Fsp3) is 0.720. The minimum atomic E-state index is 0.195. The number of nitrogens with zero attached hydrogens (tertiary/aromatic N) is 2. The lowest BCUT2D eigenvalue weighted by Crippen LogP contribution is -2.49. The summed E-state index contributed by atoms with van der Waals surface area (Å²) in [5.74, 6) is 0.444. The highest BCUT2D eigenvalue weighted by molar-refractivity contribution is 5.78. The van der Waals surface area contributed by atoms with E-state index in [0.29, 0.717) is 12.6 Å². The van der Waals surface area contributed by atoms with E-state index in [0.717, 1.165) is 45.4 Å². The van der Waals surface area contributed by atoms with Crippen molar-refractivity contribution in [3.63, 3.8) is 0 Å². The Bertz CT molecular complexity index is 631. The van der Waals surface area contributed by atoms with Gasteiger partial charge >= 0.3 is 0 Å². The van der Waals surface area contributed by atoms with Gasteiger partial charge in [-0.05, 0) is 89.7 Å². The quantitative estimate of drug-likeness (QED) is 0.711. The van der Waals surface area contributed by atoms with Gasteiger partial charge in [0, 0.05) is 25.1 Å². The van der Waals surface area contributed by atoms with Gasteiger partial charge in [0.25, 0.3) is 0 Å². The first-order chi connectivity index (χ1) is 14.8. The number of piperidine rings is 2. The number of benzene rings is 1. The van der Waals surface area contributed by atoms with Crippen LogP contribution >= 0.6 is 0 Å². The van der Waals surface area contributed by atoms with Crippen LogP contribution in [0.25, 0.3) is 0 Å². The largest absolute Gasteiger partial charge is 0.376 e. The zero-order valence-electron chi connectivity index (χ0n) is 18.4. The summed E-state index contributed by atoms with van der Waals surface area (Å²) in [6.45, 7) is 7.37. The summed E-state index contributed by atoms with van der Waals surface area (Å²) in [5, 5.41) is 3.14. The minimum Gasteiger partial charge on any atom is -0.376 e. The molecule has 0 aliphatic carbocycles. The Morgan fingerprint density at radius 1 is 1.00 bits per heavy atom.